The van der Waals surface area contributed by atoms with Crippen LogP contribution in [0.4, 0.5) is 0 Å². The van der Waals surface area contributed by atoms with Crippen molar-refractivity contribution >= 4 is 34.3 Å². The standard InChI is InChI=1S/C14H9ClN2S/c15-11-7-4-8-12-13(11)14(17-9-16-12)18-10-5-2-1-3-6-10/h1-9H. The first-order valence-electron chi connectivity index (χ1n) is 5.47. The Balaban J connectivity index is 2.12. The summed E-state index contributed by atoms with van der Waals surface area (Å²) in [6.07, 6.45) is 1.57. The summed E-state index contributed by atoms with van der Waals surface area (Å²) in [6.45, 7) is 0. The second-order valence-corrected chi connectivity index (χ2v) is 5.20. The lowest BCUT2D eigenvalue weighted by Gasteiger charge is -2.05. The average molecular weight is 273 g/mol. The van der Waals surface area contributed by atoms with Gasteiger partial charge in [-0.2, -0.15) is 0 Å². The molecule has 3 aromatic rings. The number of hydrogen-bond acceptors (Lipinski definition) is 3. The second-order valence-electron chi connectivity index (χ2n) is 3.73. The molecule has 0 saturated carbocycles. The van der Waals surface area contributed by atoms with E-state index in [1.807, 2.05) is 36.4 Å². The smallest absolute Gasteiger partial charge is 0.117 e. The second kappa shape index (κ2) is 4.96. The van der Waals surface area contributed by atoms with Crippen molar-refractivity contribution in [3.05, 3.63) is 59.9 Å². The maximum Gasteiger partial charge on any atom is 0.117 e. The maximum atomic E-state index is 6.24. The summed E-state index contributed by atoms with van der Waals surface area (Å²) in [5.41, 5.74) is 0.871. The molecule has 1 aromatic heterocycles. The highest BCUT2D eigenvalue weighted by molar-refractivity contribution is 7.99. The van der Waals surface area contributed by atoms with Gasteiger partial charge in [-0.15, -0.1) is 0 Å². The maximum absolute atomic E-state index is 6.24. The quantitative estimate of drug-likeness (QED) is 0.645. The van der Waals surface area contributed by atoms with E-state index in [2.05, 4.69) is 22.1 Å². The van der Waals surface area contributed by atoms with Gasteiger partial charge in [-0.05, 0) is 24.3 Å². The van der Waals surface area contributed by atoms with Gasteiger partial charge >= 0.3 is 0 Å². The van der Waals surface area contributed by atoms with E-state index in [1.165, 1.54) is 0 Å². The predicted octanol–water partition coefficient (Wildman–Crippen LogP) is 4.43. The Hall–Kier alpha value is -1.58. The van der Waals surface area contributed by atoms with Gasteiger partial charge in [-0.3, -0.25) is 0 Å². The molecule has 0 saturated heterocycles. The van der Waals surface area contributed by atoms with Crippen LogP contribution in [0.3, 0.4) is 0 Å². The summed E-state index contributed by atoms with van der Waals surface area (Å²) in [4.78, 5) is 9.70. The third kappa shape index (κ3) is 2.19. The summed E-state index contributed by atoms with van der Waals surface area (Å²) >= 11 is 7.83. The molecule has 0 bridgehead atoms. The first kappa shape index (κ1) is 11.5. The van der Waals surface area contributed by atoms with Crippen molar-refractivity contribution in [2.75, 3.05) is 0 Å². The van der Waals surface area contributed by atoms with Gasteiger partial charge in [0, 0.05) is 4.90 Å². The fourth-order valence-electron chi connectivity index (χ4n) is 1.72. The Morgan fingerprint density at radius 2 is 1.72 bits per heavy atom. The molecule has 88 valence electrons. The SMILES string of the molecule is Clc1cccc2ncnc(Sc3ccccc3)c12. The number of nitrogens with zero attached hydrogens (tertiary/aromatic N) is 2. The normalized spacial score (nSPS) is 10.7. The Morgan fingerprint density at radius 1 is 0.889 bits per heavy atom. The molecular formula is C14H9ClN2S. The van der Waals surface area contributed by atoms with E-state index in [0.29, 0.717) is 5.02 Å². The van der Waals surface area contributed by atoms with Crippen molar-refractivity contribution in [3.63, 3.8) is 0 Å². The van der Waals surface area contributed by atoms with Crippen LogP contribution >= 0.6 is 23.4 Å². The number of rotatable bonds is 2. The molecule has 0 atom stereocenters. The molecular weight excluding hydrogens is 264 g/mol. The zero-order chi connectivity index (χ0) is 12.4. The molecule has 0 aliphatic rings. The van der Waals surface area contributed by atoms with Gasteiger partial charge in [0.15, 0.2) is 0 Å². The number of benzene rings is 2. The van der Waals surface area contributed by atoms with Gasteiger partial charge in [0.05, 0.1) is 15.9 Å². The van der Waals surface area contributed by atoms with Crippen LogP contribution in [-0.2, 0) is 0 Å². The van der Waals surface area contributed by atoms with Crippen LogP contribution in [0.25, 0.3) is 10.9 Å². The van der Waals surface area contributed by atoms with E-state index in [1.54, 1.807) is 18.1 Å². The molecule has 2 aromatic carbocycles. The monoisotopic (exact) mass is 272 g/mol. The van der Waals surface area contributed by atoms with E-state index in [4.69, 9.17) is 11.6 Å². The molecule has 2 nitrogen and oxygen atoms in total. The largest absolute Gasteiger partial charge is 0.236 e. The van der Waals surface area contributed by atoms with Crippen LogP contribution in [0.5, 0.6) is 0 Å². The highest BCUT2D eigenvalue weighted by Crippen LogP contribution is 2.34. The number of hydrogen-bond donors (Lipinski definition) is 0. The topological polar surface area (TPSA) is 25.8 Å². The minimum Gasteiger partial charge on any atom is -0.236 e. The lowest BCUT2D eigenvalue weighted by Crippen LogP contribution is -1.87. The minimum absolute atomic E-state index is 0.687. The first-order chi connectivity index (χ1) is 8.84. The van der Waals surface area contributed by atoms with Gasteiger partial charge in [0.1, 0.15) is 11.4 Å². The van der Waals surface area contributed by atoms with Crippen LogP contribution in [0.15, 0.2) is 64.8 Å². The molecule has 0 aliphatic carbocycles. The van der Waals surface area contributed by atoms with Crippen molar-refractivity contribution in [2.24, 2.45) is 0 Å². The average Bonchev–Trinajstić information content (AvgIpc) is 2.40. The number of aromatic nitrogens is 2. The minimum atomic E-state index is 0.687. The predicted molar refractivity (Wildman–Crippen MR) is 75.1 cm³/mol. The van der Waals surface area contributed by atoms with Gasteiger partial charge in [-0.25, -0.2) is 9.97 Å². The number of fused-ring (bicyclic) bond motifs is 1. The van der Waals surface area contributed by atoms with Gasteiger partial charge in [0.2, 0.25) is 0 Å². The summed E-state index contributed by atoms with van der Waals surface area (Å²) < 4.78 is 0. The van der Waals surface area contributed by atoms with Gasteiger partial charge in [-0.1, -0.05) is 47.6 Å². The Labute approximate surface area is 114 Å². The van der Waals surface area contributed by atoms with Crippen LogP contribution in [0.1, 0.15) is 0 Å². The van der Waals surface area contributed by atoms with Crippen LogP contribution in [0, 0.1) is 0 Å². The Bertz CT molecular complexity index is 680. The van der Waals surface area contributed by atoms with Crippen molar-refractivity contribution in [2.45, 2.75) is 9.92 Å². The van der Waals surface area contributed by atoms with E-state index in [-0.39, 0.29) is 0 Å². The Kier molecular flexibility index (Phi) is 3.17. The molecule has 4 heteroatoms. The third-order valence-corrected chi connectivity index (χ3v) is 3.86. The van der Waals surface area contributed by atoms with Crippen molar-refractivity contribution in [1.29, 1.82) is 0 Å². The van der Waals surface area contributed by atoms with Crippen molar-refractivity contribution in [3.8, 4) is 0 Å². The summed E-state index contributed by atoms with van der Waals surface area (Å²) in [7, 11) is 0. The molecule has 3 rings (SSSR count). The third-order valence-electron chi connectivity index (χ3n) is 2.54. The fraction of sp³-hybridized carbons (Fsp3) is 0. The van der Waals surface area contributed by atoms with E-state index >= 15 is 0 Å². The van der Waals surface area contributed by atoms with Crippen molar-refractivity contribution < 1.29 is 0 Å². The van der Waals surface area contributed by atoms with Crippen LogP contribution < -0.4 is 0 Å². The highest BCUT2D eigenvalue weighted by atomic mass is 35.5. The van der Waals surface area contributed by atoms with Crippen LogP contribution in [0.2, 0.25) is 5.02 Å². The zero-order valence-electron chi connectivity index (χ0n) is 9.38. The highest BCUT2D eigenvalue weighted by Gasteiger charge is 2.08. The fourth-order valence-corrected chi connectivity index (χ4v) is 2.97. The lowest BCUT2D eigenvalue weighted by atomic mass is 10.2. The molecule has 0 radical (unpaired) electrons. The molecule has 0 fully saturated rings. The van der Waals surface area contributed by atoms with Crippen molar-refractivity contribution in [1.82, 2.24) is 9.97 Å². The summed E-state index contributed by atoms with van der Waals surface area (Å²) in [5.74, 6) is 0. The molecule has 0 unspecified atom stereocenters. The molecule has 0 amide bonds. The van der Waals surface area contributed by atoms with E-state index in [9.17, 15) is 0 Å². The first-order valence-corrected chi connectivity index (χ1v) is 6.66. The molecule has 0 aliphatic heterocycles. The van der Waals surface area contributed by atoms with Gasteiger partial charge in [0.25, 0.3) is 0 Å². The Morgan fingerprint density at radius 3 is 2.56 bits per heavy atom. The summed E-state index contributed by atoms with van der Waals surface area (Å²) in [6, 6.07) is 15.8. The summed E-state index contributed by atoms with van der Waals surface area (Å²) in [5, 5.41) is 2.49. The van der Waals surface area contributed by atoms with Crippen LogP contribution in [-0.4, -0.2) is 9.97 Å². The molecule has 0 spiro atoms. The zero-order valence-corrected chi connectivity index (χ0v) is 10.9. The molecule has 0 N–H and O–H groups in total. The lowest BCUT2D eigenvalue weighted by molar-refractivity contribution is 1.10. The number of halogens is 1. The van der Waals surface area contributed by atoms with Gasteiger partial charge < -0.3 is 0 Å². The van der Waals surface area contributed by atoms with E-state index in [0.717, 1.165) is 20.8 Å². The van der Waals surface area contributed by atoms with E-state index < -0.39 is 0 Å². The molecule has 18 heavy (non-hydrogen) atoms. The molecule has 1 heterocycles.